The molecule has 0 aliphatic carbocycles. The minimum atomic E-state index is -0.314. The molecule has 4 N–H and O–H groups in total. The van der Waals surface area contributed by atoms with Gasteiger partial charge in [-0.3, -0.25) is 14.5 Å². The van der Waals surface area contributed by atoms with Crippen LogP contribution in [0.25, 0.3) is 10.9 Å². The molecule has 12 heteroatoms. The first kappa shape index (κ1) is 27.8. The van der Waals surface area contributed by atoms with E-state index in [1.54, 1.807) is 17.0 Å². The van der Waals surface area contributed by atoms with Crippen LogP contribution >= 0.6 is 0 Å². The smallest absolute Gasteiger partial charge is 0.266 e. The summed E-state index contributed by atoms with van der Waals surface area (Å²) in [5, 5.41) is 10.6. The van der Waals surface area contributed by atoms with E-state index >= 15 is 0 Å². The lowest BCUT2D eigenvalue weighted by molar-refractivity contribution is -0.121. The van der Waals surface area contributed by atoms with Gasteiger partial charge in [-0.25, -0.2) is 9.97 Å². The summed E-state index contributed by atoms with van der Waals surface area (Å²) in [6.45, 7) is 3.08. The summed E-state index contributed by atoms with van der Waals surface area (Å²) >= 11 is 0. The van der Waals surface area contributed by atoms with Crippen molar-refractivity contribution in [3.63, 3.8) is 0 Å². The number of aromatic amines is 1. The average molecular weight is 594 g/mol. The van der Waals surface area contributed by atoms with Crippen molar-refractivity contribution in [2.45, 2.75) is 31.6 Å². The third kappa shape index (κ3) is 5.68. The second kappa shape index (κ2) is 12.0. The molecule has 3 aliphatic rings. The van der Waals surface area contributed by atoms with Gasteiger partial charge in [-0.15, -0.1) is 0 Å². The van der Waals surface area contributed by atoms with Crippen LogP contribution in [0, 0.1) is 0 Å². The number of piperidine rings is 1. The molecule has 1 aromatic carbocycles. The first-order valence-corrected chi connectivity index (χ1v) is 15.1. The van der Waals surface area contributed by atoms with Gasteiger partial charge >= 0.3 is 0 Å². The molecule has 226 valence electrons. The summed E-state index contributed by atoms with van der Waals surface area (Å²) in [6, 6.07) is 9.72. The molecule has 0 atom stereocenters. The number of allylic oxidation sites excluding steroid dienone is 1. The van der Waals surface area contributed by atoms with Gasteiger partial charge in [0.2, 0.25) is 5.95 Å². The van der Waals surface area contributed by atoms with Crippen LogP contribution in [0.3, 0.4) is 0 Å². The molecular formula is C32H35N9O3. The quantitative estimate of drug-likeness (QED) is 0.254. The van der Waals surface area contributed by atoms with E-state index in [0.29, 0.717) is 42.3 Å². The Morgan fingerprint density at radius 3 is 2.82 bits per heavy atom. The van der Waals surface area contributed by atoms with Crippen LogP contribution < -0.4 is 25.6 Å². The number of fused-ring (bicyclic) bond motifs is 3. The number of hydrogen-bond acceptors (Lipinski definition) is 9. The van der Waals surface area contributed by atoms with E-state index in [4.69, 9.17) is 4.74 Å². The van der Waals surface area contributed by atoms with Crippen LogP contribution in [0.1, 0.15) is 47.5 Å². The second-order valence-corrected chi connectivity index (χ2v) is 11.5. The molecule has 12 nitrogen and oxygen atoms in total. The minimum absolute atomic E-state index is 0.0193. The number of carbonyl (C=O) groups is 2. The fourth-order valence-electron chi connectivity index (χ4n) is 6.03. The fraction of sp³-hybridized carbons (Fsp3) is 0.344. The summed E-state index contributed by atoms with van der Waals surface area (Å²) in [5.41, 5.74) is 3.50. The number of amides is 2. The second-order valence-electron chi connectivity index (χ2n) is 11.5. The van der Waals surface area contributed by atoms with E-state index in [0.717, 1.165) is 50.0 Å². The van der Waals surface area contributed by atoms with Crippen LogP contribution in [0.15, 0.2) is 54.9 Å². The number of carbonyl (C=O) groups excluding carboxylic acids is 2. The molecule has 3 aliphatic heterocycles. The zero-order valence-electron chi connectivity index (χ0n) is 24.6. The summed E-state index contributed by atoms with van der Waals surface area (Å²) in [6.07, 6.45) is 11.4. The first-order valence-electron chi connectivity index (χ1n) is 15.1. The van der Waals surface area contributed by atoms with E-state index in [2.05, 4.69) is 66.2 Å². The minimum Gasteiger partial charge on any atom is -0.480 e. The number of aromatic nitrogens is 4. The molecule has 2 amide bonds. The number of hydrogen-bond donors (Lipinski definition) is 4. The third-order valence-corrected chi connectivity index (χ3v) is 8.45. The molecule has 2 bridgehead atoms. The van der Waals surface area contributed by atoms with E-state index in [9.17, 15) is 9.59 Å². The lowest BCUT2D eigenvalue weighted by Crippen LogP contribution is -2.40. The van der Waals surface area contributed by atoms with E-state index in [1.807, 2.05) is 18.2 Å². The topological polar surface area (TPSA) is 140 Å². The van der Waals surface area contributed by atoms with Crippen LogP contribution in [0.5, 0.6) is 5.75 Å². The van der Waals surface area contributed by atoms with Crippen molar-refractivity contribution < 1.29 is 14.3 Å². The molecule has 7 rings (SSSR count). The highest BCUT2D eigenvalue weighted by molar-refractivity contribution is 6.00. The Morgan fingerprint density at radius 1 is 1.05 bits per heavy atom. The van der Waals surface area contributed by atoms with E-state index in [-0.39, 0.29) is 29.8 Å². The number of nitrogens with one attached hydrogen (secondary N) is 4. The standard InChI is InChI=1S/C32H35N9O3/c1-40-14-10-20(11-15-40)23-17-34-25-16-21(6-7-22(23)25)36-32-35-18-24-29(39-32)37-27-9-8-26-30(38-27)41(28(42)19-44-26)13-5-3-2-4-12-33-31(24)43/h2,4,6-9,16-18,20,34H,3,5,10-15,19H2,1H3,(H,33,43)(H2,35,36,37,38,39)/b4-2-. The van der Waals surface area contributed by atoms with Gasteiger partial charge in [-0.1, -0.05) is 18.2 Å². The van der Waals surface area contributed by atoms with Gasteiger partial charge in [0.05, 0.1) is 0 Å². The monoisotopic (exact) mass is 593 g/mol. The van der Waals surface area contributed by atoms with E-state index in [1.165, 1.54) is 17.1 Å². The van der Waals surface area contributed by atoms with Gasteiger partial charge in [-0.05, 0) is 81.6 Å². The fourth-order valence-corrected chi connectivity index (χ4v) is 6.03. The molecule has 1 fully saturated rings. The number of pyridine rings is 1. The molecule has 44 heavy (non-hydrogen) atoms. The Bertz CT molecular complexity index is 1740. The first-order chi connectivity index (χ1) is 21.5. The van der Waals surface area contributed by atoms with Gasteiger partial charge < -0.3 is 30.6 Å². The zero-order valence-corrected chi connectivity index (χ0v) is 24.6. The van der Waals surface area contributed by atoms with Crippen molar-refractivity contribution in [3.05, 3.63) is 66.0 Å². The van der Waals surface area contributed by atoms with Gasteiger partial charge in [-0.2, -0.15) is 4.98 Å². The summed E-state index contributed by atoms with van der Waals surface area (Å²) in [5.74, 6) is 2.11. The Labute approximate surface area is 254 Å². The molecule has 0 unspecified atom stereocenters. The summed E-state index contributed by atoms with van der Waals surface area (Å²) < 4.78 is 5.63. The Kier molecular flexibility index (Phi) is 7.57. The molecule has 6 heterocycles. The Balaban J connectivity index is 1.18. The van der Waals surface area contributed by atoms with E-state index < -0.39 is 0 Å². The maximum Gasteiger partial charge on any atom is 0.266 e. The highest BCUT2D eigenvalue weighted by Gasteiger charge is 2.27. The van der Waals surface area contributed by atoms with Crippen molar-refractivity contribution in [1.82, 2.24) is 30.2 Å². The maximum atomic E-state index is 13.2. The van der Waals surface area contributed by atoms with Crippen molar-refractivity contribution in [2.24, 2.45) is 0 Å². The molecule has 0 radical (unpaired) electrons. The highest BCUT2D eigenvalue weighted by atomic mass is 16.5. The molecule has 0 spiro atoms. The van der Waals surface area contributed by atoms with Crippen LogP contribution in [-0.4, -0.2) is 76.5 Å². The summed E-state index contributed by atoms with van der Waals surface area (Å²) in [4.78, 5) is 47.1. The van der Waals surface area contributed by atoms with Gasteiger partial charge in [0, 0.05) is 42.1 Å². The lowest BCUT2D eigenvalue weighted by Gasteiger charge is -2.28. The third-order valence-electron chi connectivity index (χ3n) is 8.45. The molecule has 0 saturated carbocycles. The number of anilines is 5. The van der Waals surface area contributed by atoms with Crippen molar-refractivity contribution >= 4 is 51.8 Å². The number of ether oxygens (including phenoxy) is 1. The number of rotatable bonds is 3. The van der Waals surface area contributed by atoms with Crippen LogP contribution in [-0.2, 0) is 4.79 Å². The van der Waals surface area contributed by atoms with Crippen LogP contribution in [0.2, 0.25) is 0 Å². The number of nitrogens with zero attached hydrogens (tertiary/aromatic N) is 5. The van der Waals surface area contributed by atoms with Crippen LogP contribution in [0.4, 0.5) is 29.1 Å². The predicted octanol–water partition coefficient (Wildman–Crippen LogP) is 4.45. The number of likely N-dealkylation sites (tertiary alicyclic amines) is 1. The lowest BCUT2D eigenvalue weighted by atomic mass is 9.89. The predicted molar refractivity (Wildman–Crippen MR) is 169 cm³/mol. The SMILES string of the molecule is CN1CCC(c2c[nH]c3cc(Nc4ncc5c(n4)Nc4ccc6c(n4)N(CCC/C=C\CNC5=O)C(=O)CO6)ccc23)CC1. The zero-order chi connectivity index (χ0) is 30.0. The Morgan fingerprint density at radius 2 is 1.93 bits per heavy atom. The van der Waals surface area contributed by atoms with Crippen molar-refractivity contribution in [2.75, 3.05) is 55.4 Å². The normalized spacial score (nSPS) is 18.8. The van der Waals surface area contributed by atoms with Crippen molar-refractivity contribution in [3.8, 4) is 5.75 Å². The van der Waals surface area contributed by atoms with Gasteiger partial charge in [0.1, 0.15) is 17.2 Å². The highest BCUT2D eigenvalue weighted by Crippen LogP contribution is 2.35. The molecular weight excluding hydrogens is 558 g/mol. The van der Waals surface area contributed by atoms with Gasteiger partial charge in [0.15, 0.2) is 18.2 Å². The average Bonchev–Trinajstić information content (AvgIpc) is 3.45. The molecule has 4 aromatic rings. The van der Waals surface area contributed by atoms with Crippen molar-refractivity contribution in [1.29, 1.82) is 0 Å². The Hall–Kier alpha value is -4.97. The summed E-state index contributed by atoms with van der Waals surface area (Å²) in [7, 11) is 2.18. The maximum absolute atomic E-state index is 13.2. The largest absolute Gasteiger partial charge is 0.480 e. The molecule has 1 saturated heterocycles. The number of H-pyrrole nitrogens is 1. The molecule has 3 aromatic heterocycles. The van der Waals surface area contributed by atoms with Gasteiger partial charge in [0.25, 0.3) is 11.8 Å². The number of benzene rings is 1.